The highest BCUT2D eigenvalue weighted by Crippen LogP contribution is 2.26. The fourth-order valence-electron chi connectivity index (χ4n) is 3.26. The molecule has 10 heteroatoms. The van der Waals surface area contributed by atoms with Crippen molar-refractivity contribution >= 4 is 17.5 Å². The number of nitrogens with one attached hydrogen (secondary N) is 2. The summed E-state index contributed by atoms with van der Waals surface area (Å²) in [4.78, 5) is 23.4. The summed E-state index contributed by atoms with van der Waals surface area (Å²) in [5.41, 5.74) is 6.49. The average molecular weight is 387 g/mol. The molecule has 0 aromatic carbocycles. The molecule has 1 aliphatic rings. The Kier molecular flexibility index (Phi) is 6.53. The minimum Gasteiger partial charge on any atom is -0.495 e. The van der Waals surface area contributed by atoms with Crippen molar-refractivity contribution in [3.63, 3.8) is 0 Å². The third-order valence-corrected chi connectivity index (χ3v) is 4.90. The van der Waals surface area contributed by atoms with Crippen molar-refractivity contribution < 1.29 is 9.66 Å². The molecule has 150 valence electrons. The maximum Gasteiger partial charge on any atom is 0.329 e. The minimum absolute atomic E-state index is 0.145. The first-order valence-electron chi connectivity index (χ1n) is 9.29. The highest BCUT2D eigenvalue weighted by Gasteiger charge is 2.21. The van der Waals surface area contributed by atoms with Gasteiger partial charge in [-0.1, -0.05) is 0 Å². The van der Waals surface area contributed by atoms with Crippen molar-refractivity contribution in [3.05, 3.63) is 40.3 Å². The number of nitro groups is 1. The Bertz CT molecular complexity index is 810. The van der Waals surface area contributed by atoms with Gasteiger partial charge in [0.2, 0.25) is 11.8 Å². The van der Waals surface area contributed by atoms with Crippen molar-refractivity contribution in [1.82, 2.24) is 15.0 Å². The van der Waals surface area contributed by atoms with Crippen LogP contribution in [0, 0.1) is 16.0 Å². The molecule has 2 heterocycles. The zero-order valence-electron chi connectivity index (χ0n) is 15.8. The number of pyridine rings is 1. The number of anilines is 2. The molecule has 1 saturated carbocycles. The SMILES string of the molecule is COc1cccnc1CNc1ncc([N+](=O)[O-])c(NC[C@H]2CC[C@H](N)CC2)n1. The summed E-state index contributed by atoms with van der Waals surface area (Å²) >= 11 is 0. The van der Waals surface area contributed by atoms with Gasteiger partial charge in [0.05, 0.1) is 18.6 Å². The third kappa shape index (κ3) is 5.03. The molecule has 0 atom stereocenters. The lowest BCUT2D eigenvalue weighted by Gasteiger charge is -2.26. The number of nitrogens with two attached hydrogens (primary N) is 1. The largest absolute Gasteiger partial charge is 0.495 e. The lowest BCUT2D eigenvalue weighted by Crippen LogP contribution is -2.29. The number of aromatic nitrogens is 3. The van der Waals surface area contributed by atoms with Crippen molar-refractivity contribution in [1.29, 1.82) is 0 Å². The van der Waals surface area contributed by atoms with Crippen LogP contribution in [0.25, 0.3) is 0 Å². The molecule has 4 N–H and O–H groups in total. The van der Waals surface area contributed by atoms with Crippen LogP contribution < -0.4 is 21.1 Å². The quantitative estimate of drug-likeness (QED) is 0.459. The number of ether oxygens (including phenoxy) is 1. The van der Waals surface area contributed by atoms with Gasteiger partial charge in [0.1, 0.15) is 17.6 Å². The van der Waals surface area contributed by atoms with Crippen LogP contribution in [0.1, 0.15) is 31.4 Å². The predicted molar refractivity (Wildman–Crippen MR) is 105 cm³/mol. The fraction of sp³-hybridized carbons (Fsp3) is 0.500. The minimum atomic E-state index is -0.481. The van der Waals surface area contributed by atoms with Crippen molar-refractivity contribution in [2.45, 2.75) is 38.3 Å². The molecule has 1 aliphatic carbocycles. The topological polar surface area (TPSA) is 141 Å². The van der Waals surface area contributed by atoms with Gasteiger partial charge in [-0.15, -0.1) is 0 Å². The van der Waals surface area contributed by atoms with Gasteiger partial charge in [-0.3, -0.25) is 15.1 Å². The van der Waals surface area contributed by atoms with Gasteiger partial charge in [-0.25, -0.2) is 4.98 Å². The highest BCUT2D eigenvalue weighted by atomic mass is 16.6. The van der Waals surface area contributed by atoms with E-state index in [2.05, 4.69) is 25.6 Å². The Morgan fingerprint density at radius 1 is 1.29 bits per heavy atom. The van der Waals surface area contributed by atoms with E-state index in [1.54, 1.807) is 19.4 Å². The average Bonchev–Trinajstić information content (AvgIpc) is 2.72. The first-order chi connectivity index (χ1) is 13.6. The van der Waals surface area contributed by atoms with E-state index in [9.17, 15) is 10.1 Å². The monoisotopic (exact) mass is 387 g/mol. The molecular weight excluding hydrogens is 362 g/mol. The number of hydrogen-bond acceptors (Lipinski definition) is 9. The van der Waals surface area contributed by atoms with Crippen molar-refractivity contribution in [3.8, 4) is 5.75 Å². The standard InChI is InChI=1S/C18H25N7O3/c1-28-16-3-2-8-20-14(16)10-22-18-23-11-15(25(26)27)17(24-18)21-9-12-4-6-13(19)7-5-12/h2-3,8,11-13H,4-7,9-10,19H2,1H3,(H2,21,22,23,24)/t12-,13-. The predicted octanol–water partition coefficient (Wildman–Crippen LogP) is 2.33. The van der Waals surface area contributed by atoms with Gasteiger partial charge < -0.3 is 21.1 Å². The molecule has 0 bridgehead atoms. The molecule has 1 fully saturated rings. The van der Waals surface area contributed by atoms with Crippen LogP contribution in [0.15, 0.2) is 24.5 Å². The zero-order chi connectivity index (χ0) is 19.9. The van der Waals surface area contributed by atoms with Gasteiger partial charge in [-0.2, -0.15) is 4.98 Å². The van der Waals surface area contributed by atoms with Crippen LogP contribution in [-0.4, -0.2) is 39.6 Å². The second kappa shape index (κ2) is 9.27. The second-order valence-corrected chi connectivity index (χ2v) is 6.85. The maximum absolute atomic E-state index is 11.3. The summed E-state index contributed by atoms with van der Waals surface area (Å²) in [6.45, 7) is 0.958. The van der Waals surface area contributed by atoms with Crippen LogP contribution >= 0.6 is 0 Å². The van der Waals surface area contributed by atoms with E-state index in [1.165, 1.54) is 6.20 Å². The Hall–Kier alpha value is -3.01. The molecule has 0 aliphatic heterocycles. The Morgan fingerprint density at radius 3 is 2.79 bits per heavy atom. The summed E-state index contributed by atoms with van der Waals surface area (Å²) < 4.78 is 5.27. The van der Waals surface area contributed by atoms with E-state index >= 15 is 0 Å². The van der Waals surface area contributed by atoms with E-state index in [1.807, 2.05) is 6.07 Å². The normalized spacial score (nSPS) is 19.1. The molecule has 10 nitrogen and oxygen atoms in total. The van der Waals surface area contributed by atoms with Crippen LogP contribution in [0.3, 0.4) is 0 Å². The second-order valence-electron chi connectivity index (χ2n) is 6.85. The Labute approximate surface area is 163 Å². The number of methoxy groups -OCH3 is 1. The maximum atomic E-state index is 11.3. The molecule has 0 amide bonds. The first-order valence-corrected chi connectivity index (χ1v) is 9.29. The molecule has 3 rings (SSSR count). The molecular formula is C18H25N7O3. The van der Waals surface area contributed by atoms with E-state index < -0.39 is 4.92 Å². The molecule has 2 aromatic rings. The van der Waals surface area contributed by atoms with Crippen LogP contribution in [0.5, 0.6) is 5.75 Å². The molecule has 0 radical (unpaired) electrons. The van der Waals surface area contributed by atoms with E-state index in [4.69, 9.17) is 10.5 Å². The van der Waals surface area contributed by atoms with Gasteiger partial charge in [0.15, 0.2) is 0 Å². The number of nitrogens with zero attached hydrogens (tertiary/aromatic N) is 4. The summed E-state index contributed by atoms with van der Waals surface area (Å²) in [5, 5.41) is 17.5. The summed E-state index contributed by atoms with van der Waals surface area (Å²) in [7, 11) is 1.57. The third-order valence-electron chi connectivity index (χ3n) is 4.90. The summed E-state index contributed by atoms with van der Waals surface area (Å²) in [5.74, 6) is 1.58. The van der Waals surface area contributed by atoms with Crippen molar-refractivity contribution in [2.75, 3.05) is 24.3 Å². The van der Waals surface area contributed by atoms with E-state index in [0.29, 0.717) is 30.5 Å². The smallest absolute Gasteiger partial charge is 0.329 e. The Morgan fingerprint density at radius 2 is 2.07 bits per heavy atom. The molecule has 0 saturated heterocycles. The van der Waals surface area contributed by atoms with Gasteiger partial charge in [-0.05, 0) is 43.7 Å². The summed E-state index contributed by atoms with van der Waals surface area (Å²) in [6, 6.07) is 3.86. The van der Waals surface area contributed by atoms with Crippen LogP contribution in [0.2, 0.25) is 0 Å². The van der Waals surface area contributed by atoms with E-state index in [0.717, 1.165) is 25.7 Å². The molecule has 2 aromatic heterocycles. The van der Waals surface area contributed by atoms with Gasteiger partial charge in [0.25, 0.3) is 0 Å². The van der Waals surface area contributed by atoms with Crippen LogP contribution in [-0.2, 0) is 6.54 Å². The zero-order valence-corrected chi connectivity index (χ0v) is 15.8. The Balaban J connectivity index is 1.67. The van der Waals surface area contributed by atoms with Gasteiger partial charge >= 0.3 is 5.69 Å². The number of rotatable bonds is 8. The lowest BCUT2D eigenvalue weighted by molar-refractivity contribution is -0.384. The fourth-order valence-corrected chi connectivity index (χ4v) is 3.26. The molecule has 28 heavy (non-hydrogen) atoms. The highest BCUT2D eigenvalue weighted by molar-refractivity contribution is 5.57. The van der Waals surface area contributed by atoms with E-state index in [-0.39, 0.29) is 23.5 Å². The molecule has 0 spiro atoms. The molecule has 0 unspecified atom stereocenters. The summed E-state index contributed by atoms with van der Waals surface area (Å²) in [6.07, 6.45) is 6.87. The number of hydrogen-bond donors (Lipinski definition) is 3. The first kappa shape index (κ1) is 19.7. The van der Waals surface area contributed by atoms with Crippen LogP contribution in [0.4, 0.5) is 17.5 Å². The lowest BCUT2D eigenvalue weighted by atomic mass is 9.86. The van der Waals surface area contributed by atoms with Gasteiger partial charge in [0, 0.05) is 18.8 Å². The van der Waals surface area contributed by atoms with Crippen molar-refractivity contribution in [2.24, 2.45) is 11.7 Å².